The molecule has 0 aliphatic rings. The van der Waals surface area contributed by atoms with Crippen molar-refractivity contribution in [3.8, 4) is 0 Å². The average Bonchev–Trinajstić information content (AvgIpc) is 2.31. The van der Waals surface area contributed by atoms with Crippen LogP contribution in [0.15, 0.2) is 4.34 Å². The van der Waals surface area contributed by atoms with E-state index in [1.165, 1.54) is 11.5 Å². The van der Waals surface area contributed by atoms with E-state index >= 15 is 0 Å². The summed E-state index contributed by atoms with van der Waals surface area (Å²) in [6.45, 7) is 3.63. The summed E-state index contributed by atoms with van der Waals surface area (Å²) in [5.41, 5.74) is 0. The van der Waals surface area contributed by atoms with Crippen molar-refractivity contribution in [2.45, 2.75) is 24.3 Å². The van der Waals surface area contributed by atoms with Crippen LogP contribution in [0.1, 0.15) is 12.7 Å². The van der Waals surface area contributed by atoms with Crippen LogP contribution in [0.2, 0.25) is 0 Å². The van der Waals surface area contributed by atoms with E-state index in [9.17, 15) is 0 Å². The van der Waals surface area contributed by atoms with Gasteiger partial charge >= 0.3 is 0 Å². The fourth-order valence-corrected chi connectivity index (χ4v) is 2.06. The van der Waals surface area contributed by atoms with Crippen LogP contribution in [-0.4, -0.2) is 26.3 Å². The molecule has 1 aromatic rings. The third-order valence-electron chi connectivity index (χ3n) is 0.957. The molecule has 11 heavy (non-hydrogen) atoms. The van der Waals surface area contributed by atoms with E-state index in [0.29, 0.717) is 5.75 Å². The fraction of sp³-hybridized carbons (Fsp3) is 0.667. The summed E-state index contributed by atoms with van der Waals surface area (Å²) in [6.07, 6.45) is -0.274. The highest BCUT2D eigenvalue weighted by Crippen LogP contribution is 2.20. The third-order valence-corrected chi connectivity index (χ3v) is 3.12. The highest BCUT2D eigenvalue weighted by molar-refractivity contribution is 8.00. The fourth-order valence-electron chi connectivity index (χ4n) is 0.529. The van der Waals surface area contributed by atoms with E-state index in [-0.39, 0.29) is 6.10 Å². The van der Waals surface area contributed by atoms with Gasteiger partial charge in [0.1, 0.15) is 5.82 Å². The lowest BCUT2D eigenvalue weighted by Gasteiger charge is -1.98. The lowest BCUT2D eigenvalue weighted by atomic mass is 10.5. The summed E-state index contributed by atoms with van der Waals surface area (Å²) in [5.74, 6) is 1.50. The lowest BCUT2D eigenvalue weighted by molar-refractivity contribution is 0.220. The van der Waals surface area contributed by atoms with Crippen molar-refractivity contribution in [3.05, 3.63) is 5.82 Å². The molecule has 0 aliphatic carbocycles. The minimum Gasteiger partial charge on any atom is -0.393 e. The van der Waals surface area contributed by atoms with Crippen molar-refractivity contribution in [1.82, 2.24) is 9.36 Å². The first-order valence-corrected chi connectivity index (χ1v) is 5.05. The molecule has 1 unspecified atom stereocenters. The molecule has 0 saturated heterocycles. The number of rotatable bonds is 3. The van der Waals surface area contributed by atoms with Crippen molar-refractivity contribution in [2.75, 3.05) is 5.75 Å². The molecule has 1 rings (SSSR count). The zero-order chi connectivity index (χ0) is 8.27. The van der Waals surface area contributed by atoms with E-state index in [2.05, 4.69) is 9.36 Å². The van der Waals surface area contributed by atoms with Crippen molar-refractivity contribution < 1.29 is 5.11 Å². The minimum absolute atomic E-state index is 0.274. The summed E-state index contributed by atoms with van der Waals surface area (Å²) in [4.78, 5) is 4.14. The number of hydrogen-bond acceptors (Lipinski definition) is 5. The van der Waals surface area contributed by atoms with Gasteiger partial charge in [-0.25, -0.2) is 4.98 Å². The quantitative estimate of drug-likeness (QED) is 0.730. The predicted molar refractivity (Wildman–Crippen MR) is 47.1 cm³/mol. The third kappa shape index (κ3) is 3.18. The van der Waals surface area contributed by atoms with Crippen molar-refractivity contribution >= 4 is 23.3 Å². The Morgan fingerprint density at radius 3 is 2.91 bits per heavy atom. The Hall–Kier alpha value is -0.130. The number of aliphatic hydroxyl groups is 1. The molecule has 0 fully saturated rings. The van der Waals surface area contributed by atoms with Crippen molar-refractivity contribution in [3.63, 3.8) is 0 Å². The molecule has 0 aromatic carbocycles. The van der Waals surface area contributed by atoms with Gasteiger partial charge in [0, 0.05) is 5.75 Å². The molecule has 1 heterocycles. The maximum absolute atomic E-state index is 8.96. The minimum atomic E-state index is -0.274. The van der Waals surface area contributed by atoms with E-state index in [1.807, 2.05) is 6.92 Å². The standard InChI is InChI=1S/C6H10N2OS2/c1-4(9)3-10-6-7-5(2)8-11-6/h4,9H,3H2,1-2H3. The Bertz CT molecular complexity index is 224. The SMILES string of the molecule is Cc1nsc(SCC(C)O)n1. The Balaban J connectivity index is 2.39. The molecule has 1 N–H and O–H groups in total. The zero-order valence-corrected chi connectivity index (χ0v) is 8.08. The summed E-state index contributed by atoms with van der Waals surface area (Å²) in [7, 11) is 0. The Kier molecular flexibility index (Phi) is 3.29. The molecule has 0 spiro atoms. The van der Waals surface area contributed by atoms with Crippen LogP contribution in [0.5, 0.6) is 0 Å². The molecule has 3 nitrogen and oxygen atoms in total. The smallest absolute Gasteiger partial charge is 0.170 e. The highest BCUT2D eigenvalue weighted by Gasteiger charge is 2.02. The number of aromatic nitrogens is 2. The van der Waals surface area contributed by atoms with Crippen LogP contribution in [0.25, 0.3) is 0 Å². The lowest BCUT2D eigenvalue weighted by Crippen LogP contribution is -2.01. The number of nitrogens with zero attached hydrogens (tertiary/aromatic N) is 2. The monoisotopic (exact) mass is 190 g/mol. The summed E-state index contributed by atoms with van der Waals surface area (Å²) in [5, 5.41) is 8.96. The molecule has 0 bridgehead atoms. The molecule has 62 valence electrons. The van der Waals surface area contributed by atoms with E-state index in [4.69, 9.17) is 5.11 Å². The predicted octanol–water partition coefficient (Wildman–Crippen LogP) is 1.32. The van der Waals surface area contributed by atoms with Crippen LogP contribution in [0.3, 0.4) is 0 Å². The number of aryl methyl sites for hydroxylation is 1. The second kappa shape index (κ2) is 4.04. The van der Waals surface area contributed by atoms with Gasteiger partial charge in [0.25, 0.3) is 0 Å². The molecule has 0 radical (unpaired) electrons. The number of hydrogen-bond donors (Lipinski definition) is 1. The molecular weight excluding hydrogens is 180 g/mol. The Morgan fingerprint density at radius 2 is 2.45 bits per heavy atom. The van der Waals surface area contributed by atoms with Gasteiger partial charge in [-0.2, -0.15) is 4.37 Å². The van der Waals surface area contributed by atoms with Gasteiger partial charge in [-0.05, 0) is 25.4 Å². The van der Waals surface area contributed by atoms with Gasteiger partial charge in [0.15, 0.2) is 4.34 Å². The van der Waals surface area contributed by atoms with Gasteiger partial charge in [0.05, 0.1) is 6.10 Å². The first kappa shape index (κ1) is 8.96. The molecule has 1 aromatic heterocycles. The highest BCUT2D eigenvalue weighted by atomic mass is 32.2. The largest absolute Gasteiger partial charge is 0.393 e. The van der Waals surface area contributed by atoms with E-state index in [0.717, 1.165) is 10.2 Å². The van der Waals surface area contributed by atoms with Gasteiger partial charge in [-0.1, -0.05) is 11.8 Å². The van der Waals surface area contributed by atoms with Crippen molar-refractivity contribution in [1.29, 1.82) is 0 Å². The van der Waals surface area contributed by atoms with Gasteiger partial charge < -0.3 is 5.11 Å². The molecule has 0 aliphatic heterocycles. The second-order valence-electron chi connectivity index (χ2n) is 2.27. The molecule has 5 heteroatoms. The van der Waals surface area contributed by atoms with Crippen LogP contribution in [0.4, 0.5) is 0 Å². The molecule has 0 amide bonds. The van der Waals surface area contributed by atoms with E-state index < -0.39 is 0 Å². The number of thioether (sulfide) groups is 1. The summed E-state index contributed by atoms with van der Waals surface area (Å²) >= 11 is 2.93. The first-order chi connectivity index (χ1) is 5.18. The second-order valence-corrected chi connectivity index (χ2v) is 4.29. The molecular formula is C6H10N2OS2. The first-order valence-electron chi connectivity index (χ1n) is 3.29. The molecule has 1 atom stereocenters. The Labute approximate surface area is 74.0 Å². The summed E-state index contributed by atoms with van der Waals surface area (Å²) < 4.78 is 4.96. The Morgan fingerprint density at radius 1 is 1.73 bits per heavy atom. The van der Waals surface area contributed by atoms with Crippen LogP contribution in [-0.2, 0) is 0 Å². The topological polar surface area (TPSA) is 46.0 Å². The van der Waals surface area contributed by atoms with Gasteiger partial charge in [0.2, 0.25) is 0 Å². The average molecular weight is 190 g/mol. The maximum atomic E-state index is 8.96. The van der Waals surface area contributed by atoms with E-state index in [1.54, 1.807) is 18.7 Å². The van der Waals surface area contributed by atoms with Gasteiger partial charge in [-0.3, -0.25) is 0 Å². The van der Waals surface area contributed by atoms with Crippen LogP contribution < -0.4 is 0 Å². The summed E-state index contributed by atoms with van der Waals surface area (Å²) in [6, 6.07) is 0. The number of aliphatic hydroxyl groups excluding tert-OH is 1. The zero-order valence-electron chi connectivity index (χ0n) is 6.44. The van der Waals surface area contributed by atoms with Crippen molar-refractivity contribution in [2.24, 2.45) is 0 Å². The van der Waals surface area contributed by atoms with Crippen LogP contribution >= 0.6 is 23.3 Å². The normalized spacial score (nSPS) is 13.4. The molecule has 0 saturated carbocycles. The van der Waals surface area contributed by atoms with Gasteiger partial charge in [-0.15, -0.1) is 0 Å². The van der Waals surface area contributed by atoms with Crippen LogP contribution in [0, 0.1) is 6.92 Å². The maximum Gasteiger partial charge on any atom is 0.170 e.